The van der Waals surface area contributed by atoms with Crippen LogP contribution in [0.4, 0.5) is 0 Å². The first-order chi connectivity index (χ1) is 7.69. The molecular formula is C12H18BrNOS. The SMILES string of the molecule is CCNC(C)c1ccc(SCCO)cc1Br. The molecule has 0 amide bonds. The molecule has 0 aliphatic carbocycles. The van der Waals surface area contributed by atoms with Gasteiger partial charge in [0.1, 0.15) is 0 Å². The van der Waals surface area contributed by atoms with Crippen molar-refractivity contribution in [1.82, 2.24) is 5.32 Å². The van der Waals surface area contributed by atoms with Crippen molar-refractivity contribution in [2.75, 3.05) is 18.9 Å². The van der Waals surface area contributed by atoms with E-state index in [9.17, 15) is 0 Å². The van der Waals surface area contributed by atoms with E-state index in [1.807, 2.05) is 0 Å². The zero-order chi connectivity index (χ0) is 12.0. The second kappa shape index (κ2) is 7.33. The number of rotatable bonds is 6. The van der Waals surface area contributed by atoms with Gasteiger partial charge in [0.25, 0.3) is 0 Å². The van der Waals surface area contributed by atoms with Gasteiger partial charge in [0, 0.05) is 21.2 Å². The van der Waals surface area contributed by atoms with Gasteiger partial charge in [0.05, 0.1) is 6.61 Å². The zero-order valence-electron chi connectivity index (χ0n) is 9.66. The van der Waals surface area contributed by atoms with E-state index in [0.29, 0.717) is 6.04 Å². The van der Waals surface area contributed by atoms with Crippen LogP contribution in [0.2, 0.25) is 0 Å². The molecule has 0 saturated heterocycles. The van der Waals surface area contributed by atoms with E-state index in [0.717, 1.165) is 16.8 Å². The molecule has 1 unspecified atom stereocenters. The number of halogens is 1. The molecule has 0 spiro atoms. The van der Waals surface area contributed by atoms with Crippen LogP contribution in [0.1, 0.15) is 25.5 Å². The summed E-state index contributed by atoms with van der Waals surface area (Å²) >= 11 is 5.26. The quantitative estimate of drug-likeness (QED) is 0.792. The van der Waals surface area contributed by atoms with E-state index >= 15 is 0 Å². The Morgan fingerprint density at radius 3 is 2.81 bits per heavy atom. The summed E-state index contributed by atoms with van der Waals surface area (Å²) in [6.07, 6.45) is 0. The van der Waals surface area contributed by atoms with Crippen molar-refractivity contribution < 1.29 is 5.11 Å². The van der Waals surface area contributed by atoms with E-state index in [4.69, 9.17) is 5.11 Å². The highest BCUT2D eigenvalue weighted by molar-refractivity contribution is 9.10. The van der Waals surface area contributed by atoms with Gasteiger partial charge in [-0.05, 0) is 31.2 Å². The maximum atomic E-state index is 8.77. The highest BCUT2D eigenvalue weighted by Gasteiger charge is 2.08. The average molecular weight is 304 g/mol. The molecule has 4 heteroatoms. The standard InChI is InChI=1S/C12H18BrNOS/c1-3-14-9(2)11-5-4-10(8-12(11)13)16-7-6-15/h4-5,8-9,14-15H,3,6-7H2,1-2H3. The summed E-state index contributed by atoms with van der Waals surface area (Å²) in [5, 5.41) is 12.2. The summed E-state index contributed by atoms with van der Waals surface area (Å²) in [5.41, 5.74) is 1.27. The molecule has 2 nitrogen and oxygen atoms in total. The van der Waals surface area contributed by atoms with Crippen LogP contribution in [0.3, 0.4) is 0 Å². The van der Waals surface area contributed by atoms with Gasteiger partial charge in [-0.2, -0.15) is 0 Å². The van der Waals surface area contributed by atoms with Crippen molar-refractivity contribution >= 4 is 27.7 Å². The third-order valence-electron chi connectivity index (χ3n) is 2.31. The highest BCUT2D eigenvalue weighted by atomic mass is 79.9. The lowest BCUT2D eigenvalue weighted by Gasteiger charge is -2.15. The normalized spacial score (nSPS) is 12.8. The molecule has 0 bridgehead atoms. The Balaban J connectivity index is 2.74. The number of aliphatic hydroxyl groups is 1. The smallest absolute Gasteiger partial charge is 0.0525 e. The Kier molecular flexibility index (Phi) is 6.43. The first kappa shape index (κ1) is 14.0. The van der Waals surface area contributed by atoms with Crippen LogP contribution in [-0.2, 0) is 0 Å². The monoisotopic (exact) mass is 303 g/mol. The Bertz CT molecular complexity index is 333. The van der Waals surface area contributed by atoms with E-state index in [1.165, 1.54) is 10.5 Å². The molecule has 0 fully saturated rings. The number of aliphatic hydroxyl groups excluding tert-OH is 1. The molecule has 2 N–H and O–H groups in total. The van der Waals surface area contributed by atoms with Crippen molar-refractivity contribution in [2.24, 2.45) is 0 Å². The molecular weight excluding hydrogens is 286 g/mol. The fourth-order valence-electron chi connectivity index (χ4n) is 1.53. The van der Waals surface area contributed by atoms with Gasteiger partial charge in [0.15, 0.2) is 0 Å². The Hall–Kier alpha value is -0.0300. The lowest BCUT2D eigenvalue weighted by Crippen LogP contribution is -2.18. The number of hydrogen-bond acceptors (Lipinski definition) is 3. The minimum atomic E-state index is 0.220. The third-order valence-corrected chi connectivity index (χ3v) is 3.97. The lowest BCUT2D eigenvalue weighted by atomic mass is 10.1. The molecule has 1 aromatic rings. The van der Waals surface area contributed by atoms with Crippen LogP contribution in [0, 0.1) is 0 Å². The van der Waals surface area contributed by atoms with Gasteiger partial charge in [-0.15, -0.1) is 11.8 Å². The van der Waals surface area contributed by atoms with Crippen molar-refractivity contribution in [3.05, 3.63) is 28.2 Å². The fraction of sp³-hybridized carbons (Fsp3) is 0.500. The molecule has 0 aliphatic rings. The van der Waals surface area contributed by atoms with Crippen LogP contribution >= 0.6 is 27.7 Å². The van der Waals surface area contributed by atoms with Crippen molar-refractivity contribution in [3.8, 4) is 0 Å². The second-order valence-electron chi connectivity index (χ2n) is 3.53. The van der Waals surface area contributed by atoms with Crippen LogP contribution in [0.25, 0.3) is 0 Å². The van der Waals surface area contributed by atoms with Gasteiger partial charge in [0.2, 0.25) is 0 Å². The van der Waals surface area contributed by atoms with Crippen LogP contribution in [0.15, 0.2) is 27.6 Å². The number of benzene rings is 1. The summed E-state index contributed by atoms with van der Waals surface area (Å²) in [5.74, 6) is 0.745. The van der Waals surface area contributed by atoms with E-state index in [2.05, 4.69) is 53.3 Å². The van der Waals surface area contributed by atoms with E-state index < -0.39 is 0 Å². The molecule has 0 aliphatic heterocycles. The summed E-state index contributed by atoms with van der Waals surface area (Å²) in [4.78, 5) is 1.19. The Morgan fingerprint density at radius 2 is 2.25 bits per heavy atom. The Morgan fingerprint density at radius 1 is 1.50 bits per heavy atom. The highest BCUT2D eigenvalue weighted by Crippen LogP contribution is 2.28. The number of nitrogens with one attached hydrogen (secondary N) is 1. The average Bonchev–Trinajstić information content (AvgIpc) is 2.26. The fourth-order valence-corrected chi connectivity index (χ4v) is 3.09. The summed E-state index contributed by atoms with van der Waals surface area (Å²) in [6, 6.07) is 6.71. The Labute approximate surface area is 110 Å². The zero-order valence-corrected chi connectivity index (χ0v) is 12.1. The van der Waals surface area contributed by atoms with Gasteiger partial charge in [-0.1, -0.05) is 28.9 Å². The van der Waals surface area contributed by atoms with Gasteiger partial charge < -0.3 is 10.4 Å². The molecule has 0 aromatic heterocycles. The van der Waals surface area contributed by atoms with Gasteiger partial charge in [-0.25, -0.2) is 0 Å². The molecule has 0 saturated carbocycles. The van der Waals surface area contributed by atoms with E-state index in [1.54, 1.807) is 11.8 Å². The predicted molar refractivity (Wildman–Crippen MR) is 74.0 cm³/mol. The largest absolute Gasteiger partial charge is 0.396 e. The van der Waals surface area contributed by atoms with Gasteiger partial charge in [-0.3, -0.25) is 0 Å². The summed E-state index contributed by atoms with van der Waals surface area (Å²) in [6.45, 7) is 5.45. The van der Waals surface area contributed by atoms with Gasteiger partial charge >= 0.3 is 0 Å². The molecule has 90 valence electrons. The van der Waals surface area contributed by atoms with Crippen LogP contribution < -0.4 is 5.32 Å². The topological polar surface area (TPSA) is 32.3 Å². The van der Waals surface area contributed by atoms with Crippen LogP contribution in [-0.4, -0.2) is 24.0 Å². The second-order valence-corrected chi connectivity index (χ2v) is 5.56. The first-order valence-electron chi connectivity index (χ1n) is 5.45. The number of hydrogen-bond donors (Lipinski definition) is 2. The minimum Gasteiger partial charge on any atom is -0.396 e. The number of thioether (sulfide) groups is 1. The third kappa shape index (κ3) is 4.09. The molecule has 0 radical (unpaired) electrons. The maximum absolute atomic E-state index is 8.77. The first-order valence-corrected chi connectivity index (χ1v) is 7.23. The molecule has 0 heterocycles. The minimum absolute atomic E-state index is 0.220. The summed E-state index contributed by atoms with van der Waals surface area (Å²) < 4.78 is 1.13. The van der Waals surface area contributed by atoms with Crippen LogP contribution in [0.5, 0.6) is 0 Å². The molecule has 16 heavy (non-hydrogen) atoms. The van der Waals surface area contributed by atoms with Crippen molar-refractivity contribution in [1.29, 1.82) is 0 Å². The van der Waals surface area contributed by atoms with Crippen molar-refractivity contribution in [2.45, 2.75) is 24.8 Å². The van der Waals surface area contributed by atoms with Crippen molar-refractivity contribution in [3.63, 3.8) is 0 Å². The maximum Gasteiger partial charge on any atom is 0.0525 e. The van der Waals surface area contributed by atoms with E-state index in [-0.39, 0.29) is 6.61 Å². The lowest BCUT2D eigenvalue weighted by molar-refractivity contribution is 0.322. The summed E-state index contributed by atoms with van der Waals surface area (Å²) in [7, 11) is 0. The predicted octanol–water partition coefficient (Wildman–Crippen LogP) is 3.20. The molecule has 1 rings (SSSR count). The molecule has 1 aromatic carbocycles. The molecule has 1 atom stereocenters.